The molecule has 4 rings (SSSR count). The Morgan fingerprint density at radius 3 is 2.68 bits per heavy atom. The highest BCUT2D eigenvalue weighted by atomic mass is 35.5. The highest BCUT2D eigenvalue weighted by Gasteiger charge is 2.15. The third-order valence-electron chi connectivity index (χ3n) is 4.88. The smallest absolute Gasteiger partial charge is 0.230 e. The maximum Gasteiger partial charge on any atom is 0.230 e. The largest absolute Gasteiger partial charge is 0.325 e. The van der Waals surface area contributed by atoms with Gasteiger partial charge in [0.15, 0.2) is 0 Å². The number of aromatic nitrogens is 1. The Morgan fingerprint density at radius 2 is 1.86 bits per heavy atom. The minimum Gasteiger partial charge on any atom is -0.325 e. The van der Waals surface area contributed by atoms with Gasteiger partial charge in [-0.1, -0.05) is 48.0 Å². The van der Waals surface area contributed by atoms with Gasteiger partial charge in [0.2, 0.25) is 5.91 Å². The molecule has 1 fully saturated rings. The summed E-state index contributed by atoms with van der Waals surface area (Å²) in [5, 5.41) is 6.50. The molecule has 4 nitrogen and oxygen atoms in total. The van der Waals surface area contributed by atoms with Crippen molar-refractivity contribution in [1.82, 2.24) is 9.88 Å². The molecule has 0 atom stereocenters. The van der Waals surface area contributed by atoms with Crippen LogP contribution in [0.3, 0.4) is 0 Å². The van der Waals surface area contributed by atoms with Gasteiger partial charge in [-0.15, -0.1) is 11.3 Å². The fraction of sp³-hybridized carbons (Fsp3) is 0.273. The Labute approximate surface area is 174 Å². The van der Waals surface area contributed by atoms with Crippen molar-refractivity contribution in [3.8, 4) is 10.6 Å². The molecule has 0 aliphatic carbocycles. The van der Waals surface area contributed by atoms with Gasteiger partial charge in [-0.25, -0.2) is 4.98 Å². The number of para-hydroxylation sites is 1. The van der Waals surface area contributed by atoms with Gasteiger partial charge < -0.3 is 5.32 Å². The SMILES string of the molecule is O=C(Cc1csc(-c2ccccc2Cl)n1)Nc1ccccc1CN1CCCC1. The van der Waals surface area contributed by atoms with E-state index >= 15 is 0 Å². The van der Waals surface area contributed by atoms with Crippen LogP contribution in [0.5, 0.6) is 0 Å². The van der Waals surface area contributed by atoms with Crippen LogP contribution in [-0.4, -0.2) is 28.9 Å². The molecule has 1 amide bonds. The second kappa shape index (κ2) is 8.86. The Morgan fingerprint density at radius 1 is 1.11 bits per heavy atom. The maximum atomic E-state index is 12.6. The highest BCUT2D eigenvalue weighted by Crippen LogP contribution is 2.30. The topological polar surface area (TPSA) is 45.2 Å². The summed E-state index contributed by atoms with van der Waals surface area (Å²) in [4.78, 5) is 19.6. The predicted molar refractivity (Wildman–Crippen MR) is 116 cm³/mol. The zero-order valence-corrected chi connectivity index (χ0v) is 17.1. The number of benzene rings is 2. The predicted octanol–water partition coefficient (Wildman–Crippen LogP) is 5.24. The lowest BCUT2D eigenvalue weighted by Gasteiger charge is -2.17. The van der Waals surface area contributed by atoms with Crippen LogP contribution in [0.2, 0.25) is 5.02 Å². The number of nitrogens with zero attached hydrogens (tertiary/aromatic N) is 2. The molecule has 6 heteroatoms. The first-order valence-electron chi connectivity index (χ1n) is 9.48. The number of thiazole rings is 1. The van der Waals surface area contributed by atoms with Gasteiger partial charge >= 0.3 is 0 Å². The van der Waals surface area contributed by atoms with Crippen molar-refractivity contribution < 1.29 is 4.79 Å². The van der Waals surface area contributed by atoms with Gasteiger partial charge in [0.1, 0.15) is 5.01 Å². The number of anilines is 1. The average molecular weight is 412 g/mol. The molecule has 1 aromatic heterocycles. The van der Waals surface area contributed by atoms with E-state index in [2.05, 4.69) is 21.3 Å². The van der Waals surface area contributed by atoms with E-state index in [-0.39, 0.29) is 12.3 Å². The monoisotopic (exact) mass is 411 g/mol. The fourth-order valence-corrected chi connectivity index (χ4v) is 4.61. The summed E-state index contributed by atoms with van der Waals surface area (Å²) in [5.74, 6) is -0.0510. The molecule has 0 spiro atoms. The highest BCUT2D eigenvalue weighted by molar-refractivity contribution is 7.13. The standard InChI is InChI=1S/C22H22ClN3OS/c23-19-9-3-2-8-18(19)22-24-17(15-28-22)13-21(27)25-20-10-4-1-7-16(20)14-26-11-5-6-12-26/h1-4,7-10,15H,5-6,11-14H2,(H,25,27). The molecule has 3 aromatic rings. The number of amides is 1. The number of likely N-dealkylation sites (tertiary alicyclic amines) is 1. The average Bonchev–Trinajstić information content (AvgIpc) is 3.36. The van der Waals surface area contributed by atoms with Crippen molar-refractivity contribution in [1.29, 1.82) is 0 Å². The minimum atomic E-state index is -0.0510. The van der Waals surface area contributed by atoms with Crippen LogP contribution in [-0.2, 0) is 17.8 Å². The molecular formula is C22H22ClN3OS. The van der Waals surface area contributed by atoms with Crippen molar-refractivity contribution in [3.63, 3.8) is 0 Å². The minimum absolute atomic E-state index is 0.0510. The van der Waals surface area contributed by atoms with Crippen molar-refractivity contribution >= 4 is 34.5 Å². The summed E-state index contributed by atoms with van der Waals surface area (Å²) >= 11 is 7.76. The fourth-order valence-electron chi connectivity index (χ4n) is 3.47. The number of hydrogen-bond acceptors (Lipinski definition) is 4. The molecule has 28 heavy (non-hydrogen) atoms. The van der Waals surface area contributed by atoms with Crippen LogP contribution in [0.4, 0.5) is 5.69 Å². The Kier molecular flexibility index (Phi) is 6.05. The first-order chi connectivity index (χ1) is 13.7. The van der Waals surface area contributed by atoms with Gasteiger partial charge in [0, 0.05) is 23.2 Å². The van der Waals surface area contributed by atoms with Crippen molar-refractivity contribution in [2.24, 2.45) is 0 Å². The molecule has 1 aliphatic heterocycles. The summed E-state index contributed by atoms with van der Waals surface area (Å²) in [6, 6.07) is 15.7. The number of nitrogens with one attached hydrogen (secondary N) is 1. The van der Waals surface area contributed by atoms with Gasteiger partial charge in [-0.2, -0.15) is 0 Å². The third kappa shape index (κ3) is 4.61. The number of carbonyl (C=O) groups is 1. The van der Waals surface area contributed by atoms with E-state index in [0.717, 1.165) is 47.2 Å². The lowest BCUT2D eigenvalue weighted by molar-refractivity contribution is -0.115. The Balaban J connectivity index is 1.42. The second-order valence-corrected chi connectivity index (χ2v) is 8.25. The van der Waals surface area contributed by atoms with E-state index < -0.39 is 0 Å². The van der Waals surface area contributed by atoms with Crippen LogP contribution in [0.15, 0.2) is 53.9 Å². The zero-order chi connectivity index (χ0) is 19.3. The first-order valence-corrected chi connectivity index (χ1v) is 10.7. The molecule has 1 N–H and O–H groups in total. The lowest BCUT2D eigenvalue weighted by atomic mass is 10.1. The van der Waals surface area contributed by atoms with Gasteiger partial charge in [-0.3, -0.25) is 9.69 Å². The summed E-state index contributed by atoms with van der Waals surface area (Å²) in [5.41, 5.74) is 3.71. The molecule has 2 heterocycles. The van der Waals surface area contributed by atoms with E-state index in [0.29, 0.717) is 5.02 Å². The maximum absolute atomic E-state index is 12.6. The Bertz CT molecular complexity index is 966. The van der Waals surface area contributed by atoms with Crippen molar-refractivity contribution in [2.75, 3.05) is 18.4 Å². The van der Waals surface area contributed by atoms with Crippen LogP contribution in [0, 0.1) is 0 Å². The van der Waals surface area contributed by atoms with Crippen molar-refractivity contribution in [2.45, 2.75) is 25.8 Å². The van der Waals surface area contributed by atoms with Crippen LogP contribution < -0.4 is 5.32 Å². The summed E-state index contributed by atoms with van der Waals surface area (Å²) in [7, 11) is 0. The molecule has 144 valence electrons. The Hall–Kier alpha value is -2.21. The van der Waals surface area contributed by atoms with Crippen LogP contribution in [0.25, 0.3) is 10.6 Å². The van der Waals surface area contributed by atoms with Crippen LogP contribution >= 0.6 is 22.9 Å². The van der Waals surface area contributed by atoms with E-state index in [4.69, 9.17) is 11.6 Å². The number of halogens is 1. The normalized spacial score (nSPS) is 14.3. The molecule has 0 bridgehead atoms. The number of rotatable bonds is 6. The molecule has 0 unspecified atom stereocenters. The zero-order valence-electron chi connectivity index (χ0n) is 15.5. The van der Waals surface area contributed by atoms with Crippen LogP contribution in [0.1, 0.15) is 24.1 Å². The van der Waals surface area contributed by atoms with E-state index in [1.54, 1.807) is 0 Å². The van der Waals surface area contributed by atoms with E-state index in [9.17, 15) is 4.79 Å². The lowest BCUT2D eigenvalue weighted by Crippen LogP contribution is -2.21. The third-order valence-corrected chi connectivity index (χ3v) is 6.14. The van der Waals surface area contributed by atoms with Gasteiger partial charge in [0.25, 0.3) is 0 Å². The van der Waals surface area contributed by atoms with E-state index in [1.165, 1.54) is 24.2 Å². The molecular weight excluding hydrogens is 390 g/mol. The molecule has 2 aromatic carbocycles. The van der Waals surface area contributed by atoms with E-state index in [1.807, 2.05) is 47.8 Å². The number of carbonyl (C=O) groups excluding carboxylic acids is 1. The molecule has 0 saturated carbocycles. The summed E-state index contributed by atoms with van der Waals surface area (Å²) in [6.45, 7) is 3.14. The summed E-state index contributed by atoms with van der Waals surface area (Å²) < 4.78 is 0. The second-order valence-electron chi connectivity index (χ2n) is 6.99. The number of hydrogen-bond donors (Lipinski definition) is 1. The van der Waals surface area contributed by atoms with Crippen molar-refractivity contribution in [3.05, 3.63) is 70.2 Å². The van der Waals surface area contributed by atoms with Gasteiger partial charge in [-0.05, 0) is 43.6 Å². The molecule has 1 saturated heterocycles. The molecule has 1 aliphatic rings. The first kappa shape index (κ1) is 19.1. The quantitative estimate of drug-likeness (QED) is 0.603. The summed E-state index contributed by atoms with van der Waals surface area (Å²) in [6.07, 6.45) is 2.76. The van der Waals surface area contributed by atoms with Gasteiger partial charge in [0.05, 0.1) is 17.1 Å². The molecule has 0 radical (unpaired) electrons.